The molecule has 0 bridgehead atoms. The summed E-state index contributed by atoms with van der Waals surface area (Å²) in [6.07, 6.45) is 0. The Kier molecular flexibility index (Phi) is 3.99. The highest BCUT2D eigenvalue weighted by atomic mass is 79.9. The molecule has 0 radical (unpaired) electrons. The zero-order chi connectivity index (χ0) is 14.9. The summed E-state index contributed by atoms with van der Waals surface area (Å²) < 4.78 is 32.2. The minimum atomic E-state index is -1.27. The van der Waals surface area contributed by atoms with Gasteiger partial charge in [0.2, 0.25) is 11.7 Å². The number of nitrogens with zero attached hydrogens (tertiary/aromatic N) is 1. The van der Waals surface area contributed by atoms with Crippen LogP contribution in [0.3, 0.4) is 0 Å². The van der Waals surface area contributed by atoms with Crippen molar-refractivity contribution in [3.05, 3.63) is 51.6 Å². The van der Waals surface area contributed by atoms with Gasteiger partial charge in [0.05, 0.1) is 0 Å². The lowest BCUT2D eigenvalue weighted by Gasteiger charge is -2.10. The van der Waals surface area contributed by atoms with Crippen molar-refractivity contribution in [3.63, 3.8) is 0 Å². The molecule has 2 aromatic rings. The Morgan fingerprint density at radius 1 is 1.35 bits per heavy atom. The smallest absolute Gasteiger partial charge is 0.341 e. The van der Waals surface area contributed by atoms with E-state index in [0.717, 1.165) is 6.07 Å². The molecule has 1 heterocycles. The average Bonchev–Trinajstić information content (AvgIpc) is 2.35. The quantitative estimate of drug-likeness (QED) is 0.858. The fourth-order valence-electron chi connectivity index (χ4n) is 1.48. The van der Waals surface area contributed by atoms with Crippen LogP contribution >= 0.6 is 15.9 Å². The van der Waals surface area contributed by atoms with E-state index in [1.165, 1.54) is 18.2 Å². The first-order valence-corrected chi connectivity index (χ1v) is 6.21. The maximum absolute atomic E-state index is 13.6. The fourth-order valence-corrected chi connectivity index (χ4v) is 1.89. The van der Waals surface area contributed by atoms with Crippen molar-refractivity contribution in [2.45, 2.75) is 6.92 Å². The summed E-state index contributed by atoms with van der Waals surface area (Å²) in [4.78, 5) is 14.9. The van der Waals surface area contributed by atoms with Gasteiger partial charge in [-0.25, -0.2) is 14.2 Å². The Morgan fingerprint density at radius 3 is 2.70 bits per heavy atom. The van der Waals surface area contributed by atoms with Gasteiger partial charge in [-0.05, 0) is 31.2 Å². The number of carbonyl (C=O) groups is 1. The zero-order valence-corrected chi connectivity index (χ0v) is 11.7. The van der Waals surface area contributed by atoms with Crippen LogP contribution in [0.25, 0.3) is 0 Å². The molecule has 0 unspecified atom stereocenters. The van der Waals surface area contributed by atoms with E-state index in [1.807, 2.05) is 0 Å². The van der Waals surface area contributed by atoms with E-state index in [4.69, 9.17) is 9.84 Å². The van der Waals surface area contributed by atoms with E-state index < -0.39 is 23.4 Å². The molecule has 0 saturated heterocycles. The summed E-state index contributed by atoms with van der Waals surface area (Å²) in [5.74, 6) is -4.35. The van der Waals surface area contributed by atoms with Gasteiger partial charge >= 0.3 is 5.97 Å². The molecule has 0 spiro atoms. The number of aromatic nitrogens is 1. The molecule has 1 aromatic carbocycles. The van der Waals surface area contributed by atoms with Crippen LogP contribution in [0.2, 0.25) is 0 Å². The summed E-state index contributed by atoms with van der Waals surface area (Å²) in [6.45, 7) is 1.62. The predicted molar refractivity (Wildman–Crippen MR) is 70.1 cm³/mol. The molecule has 104 valence electrons. The Hall–Kier alpha value is -2.02. The van der Waals surface area contributed by atoms with Gasteiger partial charge in [-0.3, -0.25) is 0 Å². The third-order valence-corrected chi connectivity index (χ3v) is 2.85. The van der Waals surface area contributed by atoms with Gasteiger partial charge in [-0.1, -0.05) is 15.9 Å². The van der Waals surface area contributed by atoms with Crippen LogP contribution in [0.5, 0.6) is 11.6 Å². The molecule has 20 heavy (non-hydrogen) atoms. The van der Waals surface area contributed by atoms with Crippen molar-refractivity contribution >= 4 is 21.9 Å². The third kappa shape index (κ3) is 2.93. The molecule has 1 aromatic heterocycles. The number of benzene rings is 1. The number of aryl methyl sites for hydroxylation is 1. The third-order valence-electron chi connectivity index (χ3n) is 2.40. The topological polar surface area (TPSA) is 59.4 Å². The van der Waals surface area contributed by atoms with Crippen LogP contribution in [-0.2, 0) is 0 Å². The SMILES string of the molecule is Cc1ccc(C(=O)O)c(Oc2cc(Br)cc(F)c2F)n1. The first-order chi connectivity index (χ1) is 9.38. The number of hydrogen-bond donors (Lipinski definition) is 1. The molecule has 0 aliphatic carbocycles. The van der Waals surface area contributed by atoms with E-state index in [9.17, 15) is 13.6 Å². The maximum atomic E-state index is 13.6. The van der Waals surface area contributed by atoms with Crippen LogP contribution in [-0.4, -0.2) is 16.1 Å². The van der Waals surface area contributed by atoms with Gasteiger partial charge < -0.3 is 9.84 Å². The number of aromatic carboxylic acids is 1. The number of carboxylic acids is 1. The van der Waals surface area contributed by atoms with Gasteiger partial charge in [-0.2, -0.15) is 4.39 Å². The molecular weight excluding hydrogens is 336 g/mol. The second kappa shape index (κ2) is 5.54. The van der Waals surface area contributed by atoms with E-state index in [2.05, 4.69) is 20.9 Å². The number of pyridine rings is 1. The van der Waals surface area contributed by atoms with Crippen LogP contribution < -0.4 is 4.74 Å². The molecule has 0 aliphatic heterocycles. The van der Waals surface area contributed by atoms with E-state index in [1.54, 1.807) is 6.92 Å². The van der Waals surface area contributed by atoms with Crippen molar-refractivity contribution in [2.24, 2.45) is 0 Å². The number of rotatable bonds is 3. The summed E-state index contributed by atoms with van der Waals surface area (Å²) in [7, 11) is 0. The molecule has 0 amide bonds. The first kappa shape index (κ1) is 14.4. The standard InChI is InChI=1S/C13H8BrF2NO3/c1-6-2-3-8(13(18)19)12(17-6)20-10-5-7(14)4-9(15)11(10)16/h2-5H,1H3,(H,18,19). The predicted octanol–water partition coefficient (Wildman–Crippen LogP) is 3.92. The molecule has 0 fully saturated rings. The van der Waals surface area contributed by atoms with Crippen molar-refractivity contribution in [2.75, 3.05) is 0 Å². The Bertz CT molecular complexity index is 692. The fraction of sp³-hybridized carbons (Fsp3) is 0.0769. The van der Waals surface area contributed by atoms with Crippen molar-refractivity contribution in [1.82, 2.24) is 4.98 Å². The maximum Gasteiger partial charge on any atom is 0.341 e. The first-order valence-electron chi connectivity index (χ1n) is 5.42. The van der Waals surface area contributed by atoms with Crippen LogP contribution in [0.4, 0.5) is 8.78 Å². The molecule has 0 aliphatic rings. The molecular formula is C13H8BrF2NO3. The van der Waals surface area contributed by atoms with Gasteiger partial charge in [0, 0.05) is 10.2 Å². The highest BCUT2D eigenvalue weighted by Gasteiger charge is 2.18. The van der Waals surface area contributed by atoms with Crippen molar-refractivity contribution < 1.29 is 23.4 Å². The molecule has 7 heteroatoms. The molecule has 0 atom stereocenters. The summed E-state index contributed by atoms with van der Waals surface area (Å²) in [5.41, 5.74) is 0.247. The van der Waals surface area contributed by atoms with Gasteiger partial charge in [0.15, 0.2) is 11.6 Å². The lowest BCUT2D eigenvalue weighted by atomic mass is 10.2. The summed E-state index contributed by atoms with van der Waals surface area (Å²) >= 11 is 3.00. The minimum absolute atomic E-state index is 0.240. The summed E-state index contributed by atoms with van der Waals surface area (Å²) in [5, 5.41) is 9.02. The Balaban J connectivity index is 2.50. The minimum Gasteiger partial charge on any atom is -0.477 e. The largest absolute Gasteiger partial charge is 0.477 e. The van der Waals surface area contributed by atoms with Crippen LogP contribution in [0, 0.1) is 18.6 Å². The van der Waals surface area contributed by atoms with Crippen molar-refractivity contribution in [1.29, 1.82) is 0 Å². The number of ether oxygens (including phenoxy) is 1. The van der Waals surface area contributed by atoms with Crippen molar-refractivity contribution in [3.8, 4) is 11.6 Å². The molecule has 1 N–H and O–H groups in total. The molecule has 0 saturated carbocycles. The van der Waals surface area contributed by atoms with Gasteiger partial charge in [0.1, 0.15) is 5.56 Å². The highest BCUT2D eigenvalue weighted by molar-refractivity contribution is 9.10. The normalized spacial score (nSPS) is 10.4. The Labute approximate surface area is 121 Å². The lowest BCUT2D eigenvalue weighted by molar-refractivity contribution is 0.0693. The molecule has 4 nitrogen and oxygen atoms in total. The van der Waals surface area contributed by atoms with Crippen LogP contribution in [0.1, 0.15) is 16.1 Å². The molecule has 2 rings (SSSR count). The lowest BCUT2D eigenvalue weighted by Crippen LogP contribution is -2.04. The summed E-state index contributed by atoms with van der Waals surface area (Å²) in [6, 6.07) is 4.89. The monoisotopic (exact) mass is 343 g/mol. The van der Waals surface area contributed by atoms with Crippen LogP contribution in [0.15, 0.2) is 28.7 Å². The number of carboxylic acid groups (broad SMARTS) is 1. The average molecular weight is 344 g/mol. The van der Waals surface area contributed by atoms with Gasteiger partial charge in [-0.15, -0.1) is 0 Å². The number of hydrogen-bond acceptors (Lipinski definition) is 3. The van der Waals surface area contributed by atoms with Gasteiger partial charge in [0.25, 0.3) is 0 Å². The van der Waals surface area contributed by atoms with E-state index >= 15 is 0 Å². The number of halogens is 3. The highest BCUT2D eigenvalue weighted by Crippen LogP contribution is 2.30. The zero-order valence-electron chi connectivity index (χ0n) is 10.2. The second-order valence-electron chi connectivity index (χ2n) is 3.91. The second-order valence-corrected chi connectivity index (χ2v) is 4.83. The Morgan fingerprint density at radius 2 is 2.05 bits per heavy atom. The van der Waals surface area contributed by atoms with E-state index in [-0.39, 0.29) is 15.9 Å². The van der Waals surface area contributed by atoms with E-state index in [0.29, 0.717) is 5.69 Å².